The molecule has 1 atom stereocenters. The summed E-state index contributed by atoms with van der Waals surface area (Å²) in [6.07, 6.45) is 3.35. The summed E-state index contributed by atoms with van der Waals surface area (Å²) in [6, 6.07) is 6.29. The second-order valence-corrected chi connectivity index (χ2v) is 7.96. The van der Waals surface area contributed by atoms with Gasteiger partial charge in [0.15, 0.2) is 11.0 Å². The average Bonchev–Trinajstić information content (AvgIpc) is 3.10. The highest BCUT2D eigenvalue weighted by Gasteiger charge is 2.23. The summed E-state index contributed by atoms with van der Waals surface area (Å²) in [6.45, 7) is 3.72. The van der Waals surface area contributed by atoms with Gasteiger partial charge in [-0.15, -0.1) is 10.2 Å². The zero-order valence-corrected chi connectivity index (χ0v) is 16.9. The summed E-state index contributed by atoms with van der Waals surface area (Å²) in [5.74, 6) is 0.939. The molecule has 0 saturated carbocycles. The fraction of sp³-hybridized carbons (Fsp3) is 0.526. The molecule has 1 aliphatic rings. The Balaban J connectivity index is 1.83. The Morgan fingerprint density at radius 3 is 2.48 bits per heavy atom. The van der Waals surface area contributed by atoms with Crippen LogP contribution in [0.25, 0.3) is 5.69 Å². The molecule has 2 heterocycles. The predicted octanol–water partition coefficient (Wildman–Crippen LogP) is 3.13. The highest BCUT2D eigenvalue weighted by Crippen LogP contribution is 2.27. The number of hydrogen-bond donors (Lipinski definition) is 0. The fourth-order valence-electron chi connectivity index (χ4n) is 3.07. The van der Waals surface area contributed by atoms with E-state index in [-0.39, 0.29) is 17.8 Å². The molecular formula is C19H26FN5OS. The fourth-order valence-corrected chi connectivity index (χ4v) is 3.93. The molecule has 3 rings (SSSR count). The van der Waals surface area contributed by atoms with E-state index in [1.54, 1.807) is 12.1 Å². The number of benzene rings is 1. The van der Waals surface area contributed by atoms with Gasteiger partial charge in [-0.2, -0.15) is 0 Å². The van der Waals surface area contributed by atoms with Crippen LogP contribution in [-0.4, -0.2) is 63.4 Å². The molecule has 8 heteroatoms. The molecule has 1 amide bonds. The molecule has 6 nitrogen and oxygen atoms in total. The largest absolute Gasteiger partial charge is 0.342 e. The van der Waals surface area contributed by atoms with E-state index in [0.717, 1.165) is 37.4 Å². The van der Waals surface area contributed by atoms with Crippen molar-refractivity contribution >= 4 is 17.7 Å². The highest BCUT2D eigenvalue weighted by molar-refractivity contribution is 7.99. The smallest absolute Gasteiger partial charge is 0.233 e. The molecule has 0 aliphatic carbocycles. The molecule has 0 N–H and O–H groups in total. The minimum absolute atomic E-state index is 0.0229. The first-order valence-corrected chi connectivity index (χ1v) is 10.2. The van der Waals surface area contributed by atoms with Crippen molar-refractivity contribution in [2.75, 3.05) is 32.9 Å². The van der Waals surface area contributed by atoms with E-state index in [2.05, 4.69) is 10.2 Å². The van der Waals surface area contributed by atoms with Crippen LogP contribution in [0.5, 0.6) is 0 Å². The van der Waals surface area contributed by atoms with E-state index < -0.39 is 0 Å². The third-order valence-electron chi connectivity index (χ3n) is 4.92. The molecule has 2 aromatic rings. The molecule has 0 radical (unpaired) electrons. The lowest BCUT2D eigenvalue weighted by atomic mass is 10.1. The van der Waals surface area contributed by atoms with Crippen LogP contribution in [0.2, 0.25) is 0 Å². The number of rotatable bonds is 6. The minimum atomic E-state index is -0.288. The maximum absolute atomic E-state index is 13.4. The van der Waals surface area contributed by atoms with Crippen molar-refractivity contribution in [2.45, 2.75) is 37.4 Å². The minimum Gasteiger partial charge on any atom is -0.342 e. The zero-order valence-electron chi connectivity index (χ0n) is 16.1. The Hall–Kier alpha value is -1.93. The lowest BCUT2D eigenvalue weighted by molar-refractivity contribution is -0.129. The summed E-state index contributed by atoms with van der Waals surface area (Å²) >= 11 is 1.38. The SMILES string of the molecule is C[C@@H](c1nnc(SCC(=O)N2CCCCC2)n1-c1ccc(F)cc1)N(C)C. The number of thioether (sulfide) groups is 1. The van der Waals surface area contributed by atoms with Gasteiger partial charge in [0, 0.05) is 18.8 Å². The molecule has 0 bridgehead atoms. The molecule has 0 unspecified atom stereocenters. The molecule has 0 spiro atoms. The number of aromatic nitrogens is 3. The van der Waals surface area contributed by atoms with Gasteiger partial charge in [-0.25, -0.2) is 4.39 Å². The number of nitrogens with zero attached hydrogens (tertiary/aromatic N) is 5. The Kier molecular flexibility index (Phi) is 6.49. The van der Waals surface area contributed by atoms with Crippen molar-refractivity contribution in [3.63, 3.8) is 0 Å². The van der Waals surface area contributed by atoms with Crippen LogP contribution >= 0.6 is 11.8 Å². The Morgan fingerprint density at radius 1 is 1.19 bits per heavy atom. The van der Waals surface area contributed by atoms with Crippen molar-refractivity contribution in [1.29, 1.82) is 0 Å². The first-order valence-electron chi connectivity index (χ1n) is 9.25. The van der Waals surface area contributed by atoms with Gasteiger partial charge in [0.1, 0.15) is 5.82 Å². The average molecular weight is 392 g/mol. The van der Waals surface area contributed by atoms with E-state index in [9.17, 15) is 9.18 Å². The first kappa shape index (κ1) is 19.8. The third-order valence-corrected chi connectivity index (χ3v) is 5.84. The van der Waals surface area contributed by atoms with Gasteiger partial charge < -0.3 is 4.90 Å². The van der Waals surface area contributed by atoms with Crippen LogP contribution in [0.15, 0.2) is 29.4 Å². The molecule has 146 valence electrons. The van der Waals surface area contributed by atoms with Gasteiger partial charge >= 0.3 is 0 Å². The maximum atomic E-state index is 13.4. The van der Waals surface area contributed by atoms with Crippen LogP contribution in [0.3, 0.4) is 0 Å². The van der Waals surface area contributed by atoms with E-state index in [0.29, 0.717) is 10.9 Å². The first-order chi connectivity index (χ1) is 13.0. The Bertz CT molecular complexity index is 771. The van der Waals surface area contributed by atoms with Crippen LogP contribution < -0.4 is 0 Å². The van der Waals surface area contributed by atoms with E-state index >= 15 is 0 Å². The van der Waals surface area contributed by atoms with Crippen molar-refractivity contribution in [3.8, 4) is 5.69 Å². The highest BCUT2D eigenvalue weighted by atomic mass is 32.2. The lowest BCUT2D eigenvalue weighted by Gasteiger charge is -2.26. The number of likely N-dealkylation sites (tertiary alicyclic amines) is 1. The van der Waals surface area contributed by atoms with Gasteiger partial charge in [-0.05, 0) is 64.5 Å². The molecule has 1 saturated heterocycles. The summed E-state index contributed by atoms with van der Waals surface area (Å²) in [4.78, 5) is 16.5. The quantitative estimate of drug-likeness (QED) is 0.708. The number of hydrogen-bond acceptors (Lipinski definition) is 5. The monoisotopic (exact) mass is 391 g/mol. The standard InChI is InChI=1S/C19H26FN5OS/c1-14(23(2)3)18-21-22-19(25(18)16-9-7-15(20)8-10-16)27-13-17(26)24-11-5-4-6-12-24/h7-10,14H,4-6,11-13H2,1-3H3/t14-/m0/s1. The van der Waals surface area contributed by atoms with Crippen molar-refractivity contribution < 1.29 is 9.18 Å². The Labute approximate surface area is 163 Å². The molecular weight excluding hydrogens is 365 g/mol. The maximum Gasteiger partial charge on any atom is 0.233 e. The Morgan fingerprint density at radius 2 is 1.85 bits per heavy atom. The van der Waals surface area contributed by atoms with Crippen molar-refractivity contribution in [3.05, 3.63) is 35.9 Å². The number of piperidine rings is 1. The van der Waals surface area contributed by atoms with Gasteiger partial charge in [0.05, 0.1) is 11.8 Å². The van der Waals surface area contributed by atoms with Crippen LogP contribution in [-0.2, 0) is 4.79 Å². The molecule has 27 heavy (non-hydrogen) atoms. The van der Waals surface area contributed by atoms with Crippen molar-refractivity contribution in [1.82, 2.24) is 24.6 Å². The van der Waals surface area contributed by atoms with Gasteiger partial charge in [0.2, 0.25) is 5.91 Å². The topological polar surface area (TPSA) is 54.3 Å². The van der Waals surface area contributed by atoms with Crippen LogP contribution in [0.1, 0.15) is 38.1 Å². The van der Waals surface area contributed by atoms with E-state index in [1.807, 2.05) is 35.4 Å². The van der Waals surface area contributed by atoms with E-state index in [4.69, 9.17) is 0 Å². The van der Waals surface area contributed by atoms with Gasteiger partial charge in [-0.3, -0.25) is 14.3 Å². The number of amides is 1. The van der Waals surface area contributed by atoms with Crippen LogP contribution in [0, 0.1) is 5.82 Å². The third kappa shape index (κ3) is 4.68. The second kappa shape index (κ2) is 8.84. The number of halogens is 1. The molecule has 1 aromatic heterocycles. The summed E-state index contributed by atoms with van der Waals surface area (Å²) < 4.78 is 15.3. The predicted molar refractivity (Wildman–Crippen MR) is 105 cm³/mol. The number of carbonyl (C=O) groups excluding carboxylic acids is 1. The normalized spacial score (nSPS) is 16.0. The van der Waals surface area contributed by atoms with Crippen molar-refractivity contribution in [2.24, 2.45) is 0 Å². The number of carbonyl (C=O) groups is 1. The zero-order chi connectivity index (χ0) is 19.4. The summed E-state index contributed by atoms with van der Waals surface area (Å²) in [7, 11) is 3.95. The van der Waals surface area contributed by atoms with E-state index in [1.165, 1.54) is 30.3 Å². The second-order valence-electron chi connectivity index (χ2n) is 7.02. The molecule has 1 aliphatic heterocycles. The molecule has 1 aromatic carbocycles. The van der Waals surface area contributed by atoms with Gasteiger partial charge in [-0.1, -0.05) is 11.8 Å². The lowest BCUT2D eigenvalue weighted by Crippen LogP contribution is -2.36. The summed E-state index contributed by atoms with van der Waals surface area (Å²) in [5.41, 5.74) is 0.790. The molecule has 1 fully saturated rings. The van der Waals surface area contributed by atoms with Gasteiger partial charge in [0.25, 0.3) is 0 Å². The van der Waals surface area contributed by atoms with Crippen LogP contribution in [0.4, 0.5) is 4.39 Å². The summed E-state index contributed by atoms with van der Waals surface area (Å²) in [5, 5.41) is 9.33.